The van der Waals surface area contributed by atoms with E-state index in [1.54, 1.807) is 0 Å². The summed E-state index contributed by atoms with van der Waals surface area (Å²) in [7, 11) is 0. The first-order chi connectivity index (χ1) is 9.83. The highest BCUT2D eigenvalue weighted by atomic mass is 15.3. The van der Waals surface area contributed by atoms with Crippen LogP contribution in [0.2, 0.25) is 0 Å². The Morgan fingerprint density at radius 1 is 1.20 bits per heavy atom. The number of rotatable bonds is 8. The van der Waals surface area contributed by atoms with E-state index in [4.69, 9.17) is 0 Å². The zero-order valence-corrected chi connectivity index (χ0v) is 12.5. The van der Waals surface area contributed by atoms with Gasteiger partial charge in [0.1, 0.15) is 0 Å². The van der Waals surface area contributed by atoms with Crippen LogP contribution in [0.15, 0.2) is 42.7 Å². The summed E-state index contributed by atoms with van der Waals surface area (Å²) >= 11 is 0. The van der Waals surface area contributed by atoms with Crippen molar-refractivity contribution >= 4 is 0 Å². The molecule has 0 bridgehead atoms. The average molecular weight is 271 g/mol. The molecule has 0 aliphatic heterocycles. The lowest BCUT2D eigenvalue weighted by atomic mass is 9.93. The lowest BCUT2D eigenvalue weighted by Gasteiger charge is -2.17. The molecule has 0 amide bonds. The number of hydrogen-bond donors (Lipinski definition) is 1. The molecule has 1 atom stereocenters. The topological polar surface area (TPSA) is 29.9 Å². The fourth-order valence-corrected chi connectivity index (χ4v) is 2.48. The Morgan fingerprint density at radius 3 is 2.65 bits per heavy atom. The zero-order chi connectivity index (χ0) is 14.2. The highest BCUT2D eigenvalue weighted by Gasteiger charge is 2.11. The van der Waals surface area contributed by atoms with Crippen LogP contribution in [-0.4, -0.2) is 22.9 Å². The van der Waals surface area contributed by atoms with Crippen LogP contribution in [0, 0.1) is 0 Å². The van der Waals surface area contributed by atoms with Gasteiger partial charge >= 0.3 is 0 Å². The van der Waals surface area contributed by atoms with Gasteiger partial charge in [-0.15, -0.1) is 0 Å². The predicted octanol–water partition coefficient (Wildman–Crippen LogP) is 3.23. The van der Waals surface area contributed by atoms with Crippen LogP contribution in [0.5, 0.6) is 0 Å². The summed E-state index contributed by atoms with van der Waals surface area (Å²) in [4.78, 5) is 0. The second-order valence-electron chi connectivity index (χ2n) is 5.16. The van der Waals surface area contributed by atoms with Crippen LogP contribution >= 0.6 is 0 Å². The monoisotopic (exact) mass is 271 g/mol. The Bertz CT molecular complexity index is 490. The number of aryl methyl sites for hydroxylation is 2. The van der Waals surface area contributed by atoms with Crippen molar-refractivity contribution in [3.05, 3.63) is 53.9 Å². The van der Waals surface area contributed by atoms with E-state index in [-0.39, 0.29) is 0 Å². The molecule has 2 aromatic rings. The number of nitrogens with zero attached hydrogens (tertiary/aromatic N) is 2. The SMILES string of the molecule is CCNCC(CCc1cnn(CC)c1)c1ccccc1. The molecule has 1 aromatic heterocycles. The van der Waals surface area contributed by atoms with E-state index in [2.05, 4.69) is 60.8 Å². The molecule has 0 fully saturated rings. The quantitative estimate of drug-likeness (QED) is 0.799. The van der Waals surface area contributed by atoms with Crippen molar-refractivity contribution < 1.29 is 0 Å². The van der Waals surface area contributed by atoms with Gasteiger partial charge in [0.25, 0.3) is 0 Å². The van der Waals surface area contributed by atoms with E-state index >= 15 is 0 Å². The fourth-order valence-electron chi connectivity index (χ4n) is 2.48. The molecule has 0 aliphatic rings. The Hall–Kier alpha value is -1.61. The molecule has 2 rings (SSSR count). The van der Waals surface area contributed by atoms with Gasteiger partial charge in [-0.3, -0.25) is 4.68 Å². The minimum absolute atomic E-state index is 0.570. The first-order valence-electron chi connectivity index (χ1n) is 7.60. The van der Waals surface area contributed by atoms with E-state index in [9.17, 15) is 0 Å². The predicted molar refractivity (Wildman–Crippen MR) is 83.9 cm³/mol. The Labute approximate surface area is 122 Å². The standard InChI is InChI=1S/C17H25N3/c1-3-18-13-17(16-8-6-5-7-9-16)11-10-15-12-19-20(4-2)14-15/h5-9,12,14,17-18H,3-4,10-11,13H2,1-2H3. The van der Waals surface area contributed by atoms with E-state index in [0.717, 1.165) is 32.5 Å². The average Bonchev–Trinajstić information content (AvgIpc) is 2.96. The number of nitrogens with one attached hydrogen (secondary N) is 1. The highest BCUT2D eigenvalue weighted by molar-refractivity contribution is 5.20. The van der Waals surface area contributed by atoms with Crippen LogP contribution < -0.4 is 5.32 Å². The van der Waals surface area contributed by atoms with Crippen LogP contribution in [-0.2, 0) is 13.0 Å². The molecule has 20 heavy (non-hydrogen) atoms. The first-order valence-corrected chi connectivity index (χ1v) is 7.60. The maximum Gasteiger partial charge on any atom is 0.0521 e. The Morgan fingerprint density at radius 2 is 2.00 bits per heavy atom. The smallest absolute Gasteiger partial charge is 0.0521 e. The van der Waals surface area contributed by atoms with E-state index < -0.39 is 0 Å². The van der Waals surface area contributed by atoms with Crippen molar-refractivity contribution in [3.63, 3.8) is 0 Å². The van der Waals surface area contributed by atoms with Crippen molar-refractivity contribution in [2.45, 2.75) is 39.2 Å². The molecule has 0 spiro atoms. The van der Waals surface area contributed by atoms with Crippen molar-refractivity contribution in [1.29, 1.82) is 0 Å². The van der Waals surface area contributed by atoms with Gasteiger partial charge in [0.2, 0.25) is 0 Å². The normalized spacial score (nSPS) is 12.5. The summed E-state index contributed by atoms with van der Waals surface area (Å²) in [5.41, 5.74) is 2.76. The number of aromatic nitrogens is 2. The summed E-state index contributed by atoms with van der Waals surface area (Å²) in [5.74, 6) is 0.570. The van der Waals surface area contributed by atoms with Gasteiger partial charge in [-0.2, -0.15) is 5.10 Å². The molecule has 1 aromatic carbocycles. The second kappa shape index (κ2) is 7.85. The third-order valence-corrected chi connectivity index (χ3v) is 3.70. The van der Waals surface area contributed by atoms with Gasteiger partial charge in [-0.1, -0.05) is 37.3 Å². The maximum absolute atomic E-state index is 4.35. The molecular weight excluding hydrogens is 246 g/mol. The summed E-state index contributed by atoms with van der Waals surface area (Å²) < 4.78 is 2.00. The molecule has 3 heteroatoms. The molecule has 1 N–H and O–H groups in total. The summed E-state index contributed by atoms with van der Waals surface area (Å²) in [6.07, 6.45) is 6.41. The van der Waals surface area contributed by atoms with Crippen LogP contribution in [0.25, 0.3) is 0 Å². The number of benzene rings is 1. The third kappa shape index (κ3) is 4.20. The van der Waals surface area contributed by atoms with Gasteiger partial charge in [0, 0.05) is 19.3 Å². The third-order valence-electron chi connectivity index (χ3n) is 3.70. The minimum atomic E-state index is 0.570. The van der Waals surface area contributed by atoms with Crippen molar-refractivity contribution in [1.82, 2.24) is 15.1 Å². The lowest BCUT2D eigenvalue weighted by Crippen LogP contribution is -2.21. The summed E-state index contributed by atoms with van der Waals surface area (Å²) in [6.45, 7) is 7.29. The van der Waals surface area contributed by atoms with Crippen LogP contribution in [0.3, 0.4) is 0 Å². The van der Waals surface area contributed by atoms with Gasteiger partial charge in [-0.05, 0) is 43.4 Å². The second-order valence-corrected chi connectivity index (χ2v) is 5.16. The van der Waals surface area contributed by atoms with Gasteiger partial charge in [-0.25, -0.2) is 0 Å². The molecule has 0 radical (unpaired) electrons. The highest BCUT2D eigenvalue weighted by Crippen LogP contribution is 2.21. The number of hydrogen-bond acceptors (Lipinski definition) is 2. The van der Waals surface area contributed by atoms with Gasteiger partial charge < -0.3 is 5.32 Å². The maximum atomic E-state index is 4.35. The van der Waals surface area contributed by atoms with Crippen molar-refractivity contribution in [2.24, 2.45) is 0 Å². The first kappa shape index (κ1) is 14.8. The lowest BCUT2D eigenvalue weighted by molar-refractivity contribution is 0.561. The largest absolute Gasteiger partial charge is 0.316 e. The molecule has 0 saturated carbocycles. The van der Waals surface area contributed by atoms with Crippen molar-refractivity contribution in [3.8, 4) is 0 Å². The minimum Gasteiger partial charge on any atom is -0.316 e. The van der Waals surface area contributed by atoms with Gasteiger partial charge in [0.15, 0.2) is 0 Å². The van der Waals surface area contributed by atoms with Gasteiger partial charge in [0.05, 0.1) is 6.20 Å². The van der Waals surface area contributed by atoms with E-state index in [0.29, 0.717) is 5.92 Å². The number of likely N-dealkylation sites (N-methyl/N-ethyl adjacent to an activating group) is 1. The van der Waals surface area contributed by atoms with Crippen LogP contribution in [0.4, 0.5) is 0 Å². The van der Waals surface area contributed by atoms with Crippen molar-refractivity contribution in [2.75, 3.05) is 13.1 Å². The molecule has 0 saturated heterocycles. The van der Waals surface area contributed by atoms with E-state index in [1.807, 2.05) is 10.9 Å². The fraction of sp³-hybridized carbons (Fsp3) is 0.471. The summed E-state index contributed by atoms with van der Waals surface area (Å²) in [6, 6.07) is 10.8. The molecule has 3 nitrogen and oxygen atoms in total. The molecule has 1 heterocycles. The molecule has 1 unspecified atom stereocenters. The Kier molecular flexibility index (Phi) is 5.81. The van der Waals surface area contributed by atoms with E-state index in [1.165, 1.54) is 11.1 Å². The van der Waals surface area contributed by atoms with Crippen LogP contribution in [0.1, 0.15) is 37.3 Å². The molecule has 0 aliphatic carbocycles. The molecule has 108 valence electrons. The Balaban J connectivity index is 1.97. The summed E-state index contributed by atoms with van der Waals surface area (Å²) in [5, 5.41) is 7.83. The zero-order valence-electron chi connectivity index (χ0n) is 12.5. The molecular formula is C17H25N3.